The Morgan fingerprint density at radius 1 is 0.468 bits per heavy atom. The number of aromatic nitrogens is 2. The Balaban J connectivity index is 0.000000398. The third-order valence-electron chi connectivity index (χ3n) is 7.61. The maximum absolute atomic E-state index is 12.4. The molecule has 0 unspecified atom stereocenters. The van der Waals surface area contributed by atoms with Gasteiger partial charge in [-0.15, -0.1) is 0 Å². The number of benzene rings is 4. The van der Waals surface area contributed by atoms with E-state index >= 15 is 0 Å². The molecule has 0 radical (unpaired) electrons. The van der Waals surface area contributed by atoms with E-state index < -0.39 is 5.97 Å². The number of esters is 1. The van der Waals surface area contributed by atoms with Crippen LogP contribution in [0.4, 0.5) is 0 Å². The summed E-state index contributed by atoms with van der Waals surface area (Å²) >= 11 is 33.0. The van der Waals surface area contributed by atoms with Crippen molar-refractivity contribution >= 4 is 392 Å². The van der Waals surface area contributed by atoms with Crippen LogP contribution in [0.3, 0.4) is 0 Å². The van der Waals surface area contributed by atoms with Crippen LogP contribution in [0.5, 0.6) is 0 Å². The molecule has 436 valence electrons. The highest BCUT2D eigenvalue weighted by Gasteiger charge is 2.24. The predicted molar refractivity (Wildman–Crippen MR) is 437 cm³/mol. The summed E-state index contributed by atoms with van der Waals surface area (Å²) in [6.45, 7) is 2.15. The highest BCUT2D eigenvalue weighted by molar-refractivity contribution is 8.80. The number of hydrogen-bond donors (Lipinski definition) is 1. The first kappa shape index (κ1) is 78.8. The minimum absolute atomic E-state index is 0. The summed E-state index contributed by atoms with van der Waals surface area (Å²) in [6.07, 6.45) is 0. The van der Waals surface area contributed by atoms with E-state index in [1.54, 1.807) is 143 Å². The number of carboxylic acids is 1. The van der Waals surface area contributed by atoms with Crippen LogP contribution in [0, 0.1) is 0 Å². The molecule has 44 heteroatoms. The molecule has 0 aliphatic carbocycles. The average molecular weight is 1770 g/mol. The predicted octanol–water partition coefficient (Wildman–Crippen LogP) is 10.4. The van der Waals surface area contributed by atoms with Crippen LogP contribution in [-0.4, -0.2) is 32.8 Å². The number of aromatic carboxylic acids is 1. The first-order chi connectivity index (χ1) is 38.0. The second-order valence-corrected chi connectivity index (χ2v) is 67.8. The zero-order chi connectivity index (χ0) is 56.6. The van der Waals surface area contributed by atoms with Crippen molar-refractivity contribution in [1.82, 2.24) is 9.13 Å². The summed E-state index contributed by atoms with van der Waals surface area (Å²) < 4.78 is 8.80. The fraction of sp³-hybridized carbons (Fsp3) is 0.143. The van der Waals surface area contributed by atoms with E-state index in [1.807, 2.05) is 236 Å². The van der Waals surface area contributed by atoms with Crippen LogP contribution in [0.25, 0.3) is 21.8 Å². The number of rotatable bonds is 7. The zero-order valence-corrected chi connectivity index (χ0v) is 68.9. The monoisotopic (exact) mass is 1770 g/mol. The van der Waals surface area contributed by atoms with Crippen LogP contribution in [-0.2, 0) is 330 Å². The molecule has 6 rings (SSSR count). The lowest BCUT2D eigenvalue weighted by Crippen LogP contribution is -2.10. The van der Waals surface area contributed by atoms with Crippen LogP contribution in [0.15, 0.2) is 117 Å². The van der Waals surface area contributed by atoms with Crippen LogP contribution in [0.2, 0.25) is 10.0 Å². The first-order valence-electron chi connectivity index (χ1n) is 18.9. The minimum atomic E-state index is -0.941. The SMILES string of the molecule is C.CCOC(=O)c1c(Sc2ccccc2)c2cc(Cl)ccc2n1C.Cn1c(C(=O)O)c(Sc2ccccc2)c2cc(Cl)ccc21.S=S=S.S=S=S=S=S=S=S=S=S=S=S=S=S=S=S=S=S=S=S=S=S=S=S=S=S=S=S=S=S=S=S. The molecular formula is C35H32Cl2N2O4S36. The highest BCUT2D eigenvalue weighted by atomic mass is 35.5. The zero-order valence-electron chi connectivity index (χ0n) is 38.0. The number of carbonyl (C=O) groups is 2. The Bertz CT molecular complexity index is 4450. The Kier molecular flexibility index (Phi) is 51.2. The number of halogens is 2. The lowest BCUT2D eigenvalue weighted by molar-refractivity contribution is 0.0511. The second-order valence-electron chi connectivity index (χ2n) is 11.7. The van der Waals surface area contributed by atoms with E-state index in [1.165, 1.54) is 29.5 Å². The molecule has 6 aromatic rings. The van der Waals surface area contributed by atoms with Crippen LogP contribution < -0.4 is 0 Å². The van der Waals surface area contributed by atoms with Gasteiger partial charge < -0.3 is 19.0 Å². The maximum atomic E-state index is 12.4. The standard InChI is InChI=1S/C18H16ClNO2S.C16H12ClNO2S.CH4.S31.S3/c1-3-22-18(21)16-17(23-13-7-5-4-6-8-13)14-11-12(19)9-10-15(14)20(16)2;1-18-13-8-7-10(17)9-12(13)15(14(18)16(19)20)21-11-5-3-2-4-6-11;;1-3-5-7-9-11-13-15-17-19-21-23-25-27-29-31-30-28-26-24-22-20-18-16-14-12-10-8-6-4-2;1-3-2/h4-11H,3H2,1-2H3;2-9H,1H3,(H,19,20);1H4;;. The molecule has 6 nitrogen and oxygen atoms in total. The highest BCUT2D eigenvalue weighted by Crippen LogP contribution is 2.40. The second kappa shape index (κ2) is 51.4. The maximum Gasteiger partial charge on any atom is 0.356 e. The summed E-state index contributed by atoms with van der Waals surface area (Å²) in [6, 6.07) is 30.7. The molecule has 79 heavy (non-hydrogen) atoms. The molecule has 2 aromatic heterocycles. The molecule has 0 saturated carbocycles. The van der Waals surface area contributed by atoms with Gasteiger partial charge in [0.1, 0.15) is 11.4 Å². The van der Waals surface area contributed by atoms with Gasteiger partial charge in [0.2, 0.25) is 0 Å². The van der Waals surface area contributed by atoms with Crippen molar-refractivity contribution in [1.29, 1.82) is 0 Å². The Labute approximate surface area is 581 Å². The summed E-state index contributed by atoms with van der Waals surface area (Å²) in [4.78, 5) is 27.7. The molecular weight excluding hydrogens is 1740 g/mol. The van der Waals surface area contributed by atoms with Gasteiger partial charge in [-0.2, -0.15) is 0 Å². The quantitative estimate of drug-likeness (QED) is 0.156. The van der Waals surface area contributed by atoms with Gasteiger partial charge >= 0.3 is 11.9 Å². The van der Waals surface area contributed by atoms with Gasteiger partial charge in [0.25, 0.3) is 0 Å². The van der Waals surface area contributed by atoms with Crippen molar-refractivity contribution in [2.45, 2.75) is 33.9 Å². The van der Waals surface area contributed by atoms with Gasteiger partial charge in [-0.1, -0.05) is 90.6 Å². The van der Waals surface area contributed by atoms with Gasteiger partial charge in [0.15, 0.2) is 0 Å². The normalized spacial score (nSPS) is 9.23. The van der Waals surface area contributed by atoms with E-state index in [0.29, 0.717) is 27.2 Å². The number of fused-ring (bicyclic) bond motifs is 2. The molecule has 1 N–H and O–H groups in total. The van der Waals surface area contributed by atoms with Crippen molar-refractivity contribution in [3.8, 4) is 0 Å². The largest absolute Gasteiger partial charge is 0.477 e. The Hall–Kier alpha value is 3.66. The third-order valence-corrected chi connectivity index (χ3v) is 72.5. The van der Waals surface area contributed by atoms with Gasteiger partial charge in [-0.3, -0.25) is 0 Å². The number of ether oxygens (including phenoxy) is 1. The molecule has 0 saturated heterocycles. The minimum Gasteiger partial charge on any atom is -0.477 e. The number of carbonyl (C=O) groups excluding carboxylic acids is 1. The van der Waals surface area contributed by atoms with Gasteiger partial charge in [0, 0.05) is 367 Å². The van der Waals surface area contributed by atoms with Gasteiger partial charge in [-0.25, -0.2) is 9.59 Å². The lowest BCUT2D eigenvalue weighted by atomic mass is 10.2. The summed E-state index contributed by atoms with van der Waals surface area (Å²) in [5, 5.41) is 12.6. The number of carboxylic acid groups (broad SMARTS) is 1. The average Bonchev–Trinajstić information content (AvgIpc) is 3.97. The van der Waals surface area contributed by atoms with Crippen molar-refractivity contribution in [3.05, 3.63) is 118 Å². The van der Waals surface area contributed by atoms with Crippen molar-refractivity contribution in [3.63, 3.8) is 0 Å². The topological polar surface area (TPSA) is 73.5 Å². The number of hydrogen-bond acceptors (Lipinski definition) is 9. The van der Waals surface area contributed by atoms with E-state index in [2.05, 4.69) is 22.4 Å². The molecule has 2 heterocycles. The first-order valence-corrected chi connectivity index (χ1v) is 64.0. The summed E-state index contributed by atoms with van der Waals surface area (Å²) in [5.41, 5.74) is 2.64. The Morgan fingerprint density at radius 2 is 0.747 bits per heavy atom. The van der Waals surface area contributed by atoms with Crippen LogP contribution >= 0.6 is 46.7 Å². The molecule has 0 amide bonds. The van der Waals surface area contributed by atoms with Crippen LogP contribution in [0.1, 0.15) is 35.3 Å². The van der Waals surface area contributed by atoms with Gasteiger partial charge in [0.05, 0.1) is 16.4 Å². The molecule has 0 atom stereocenters. The smallest absolute Gasteiger partial charge is 0.356 e. The van der Waals surface area contributed by atoms with Gasteiger partial charge in [-0.05, 0) is 67.6 Å². The molecule has 0 spiro atoms. The van der Waals surface area contributed by atoms with E-state index in [9.17, 15) is 14.7 Å². The Morgan fingerprint density at radius 3 is 1.03 bits per heavy atom. The molecule has 0 fully saturated rings. The third kappa shape index (κ3) is 33.3. The fourth-order valence-corrected chi connectivity index (χ4v) is 81.8. The fourth-order valence-electron chi connectivity index (χ4n) is 5.16. The molecule has 0 bridgehead atoms. The van der Waals surface area contributed by atoms with Crippen molar-refractivity contribution in [2.75, 3.05) is 6.61 Å². The number of aryl methyl sites for hydroxylation is 2. The summed E-state index contributed by atoms with van der Waals surface area (Å²) in [5.74, 6) is -1.26. The molecule has 4 aromatic carbocycles. The van der Waals surface area contributed by atoms with Crippen molar-refractivity contribution < 1.29 is 19.4 Å². The van der Waals surface area contributed by atoms with E-state index in [-0.39, 0.29) is 19.1 Å². The van der Waals surface area contributed by atoms with E-state index in [4.69, 9.17) is 50.3 Å². The number of nitrogens with zero attached hydrogens (tertiary/aromatic N) is 2. The molecule has 0 aliphatic heterocycles. The van der Waals surface area contributed by atoms with Crippen molar-refractivity contribution in [2.24, 2.45) is 14.1 Å². The lowest BCUT2D eigenvalue weighted by Gasteiger charge is -2.07. The van der Waals surface area contributed by atoms with E-state index in [0.717, 1.165) is 45.4 Å². The summed E-state index contributed by atoms with van der Waals surface area (Å²) in [7, 11) is 55.5. The molecule has 0 aliphatic rings.